The molecule has 27 heavy (non-hydrogen) atoms. The molecule has 3 aromatic rings. The molecule has 0 aliphatic carbocycles. The van der Waals surface area contributed by atoms with Crippen LogP contribution in [0.15, 0.2) is 66.0 Å². The van der Waals surface area contributed by atoms with Gasteiger partial charge in [0.1, 0.15) is 0 Å². The lowest BCUT2D eigenvalue weighted by molar-refractivity contribution is 0.0934. The van der Waals surface area contributed by atoms with Crippen LogP contribution in [0, 0.1) is 6.92 Å². The van der Waals surface area contributed by atoms with E-state index in [9.17, 15) is 9.59 Å². The van der Waals surface area contributed by atoms with Crippen molar-refractivity contribution in [3.63, 3.8) is 0 Å². The Morgan fingerprint density at radius 1 is 1.00 bits per heavy atom. The fourth-order valence-corrected chi connectivity index (χ4v) is 3.42. The maximum Gasteiger partial charge on any atom is 0.265 e. The molecule has 0 aliphatic rings. The van der Waals surface area contributed by atoms with E-state index >= 15 is 0 Å². The number of aryl methyl sites for hydroxylation is 1. The molecule has 0 aliphatic heterocycles. The van der Waals surface area contributed by atoms with E-state index in [4.69, 9.17) is 0 Å². The van der Waals surface area contributed by atoms with E-state index in [1.165, 1.54) is 16.9 Å². The Bertz CT molecular complexity index is 918. The number of rotatable bonds is 6. The van der Waals surface area contributed by atoms with Gasteiger partial charge in [-0.15, -0.1) is 11.3 Å². The van der Waals surface area contributed by atoms with Gasteiger partial charge in [0, 0.05) is 11.3 Å². The predicted molar refractivity (Wildman–Crippen MR) is 110 cm³/mol. The summed E-state index contributed by atoms with van der Waals surface area (Å²) in [5.41, 5.74) is 3.39. The minimum absolute atomic E-state index is 0.0533. The fraction of sp³-hybridized carbons (Fsp3) is 0.182. The molecule has 1 atom stereocenters. The molecule has 4 nitrogen and oxygen atoms in total. The van der Waals surface area contributed by atoms with Gasteiger partial charge in [0.2, 0.25) is 0 Å². The Hall–Kier alpha value is -2.92. The van der Waals surface area contributed by atoms with Crippen molar-refractivity contribution < 1.29 is 9.59 Å². The standard InChI is InChI=1S/C22H22N2O2S/c1-3-19(16-11-9-15(2)10-12-16)24-21(25)17-6-4-7-18(14-17)23-22(26)20-8-5-13-27-20/h4-14,19H,3H2,1-2H3,(H,23,26)(H,24,25)/t19-/m1/s1. The summed E-state index contributed by atoms with van der Waals surface area (Å²) < 4.78 is 0. The molecule has 2 aromatic carbocycles. The van der Waals surface area contributed by atoms with Crippen LogP contribution in [0.25, 0.3) is 0 Å². The highest BCUT2D eigenvalue weighted by Gasteiger charge is 2.15. The highest BCUT2D eigenvalue weighted by atomic mass is 32.1. The van der Waals surface area contributed by atoms with Gasteiger partial charge in [0.15, 0.2) is 0 Å². The minimum Gasteiger partial charge on any atom is -0.345 e. The molecular weight excluding hydrogens is 356 g/mol. The van der Waals surface area contributed by atoms with Crippen LogP contribution in [0.5, 0.6) is 0 Å². The van der Waals surface area contributed by atoms with Crippen LogP contribution >= 0.6 is 11.3 Å². The molecule has 2 N–H and O–H groups in total. The first-order chi connectivity index (χ1) is 13.1. The van der Waals surface area contributed by atoms with Crippen molar-refractivity contribution in [3.8, 4) is 0 Å². The lowest BCUT2D eigenvalue weighted by Crippen LogP contribution is -2.28. The first kappa shape index (κ1) is 18.9. The third-order valence-corrected chi connectivity index (χ3v) is 5.19. The van der Waals surface area contributed by atoms with Gasteiger partial charge in [0.05, 0.1) is 10.9 Å². The van der Waals surface area contributed by atoms with Crippen LogP contribution in [-0.4, -0.2) is 11.8 Å². The molecule has 2 amide bonds. The second kappa shape index (κ2) is 8.64. The largest absolute Gasteiger partial charge is 0.345 e. The topological polar surface area (TPSA) is 58.2 Å². The Morgan fingerprint density at radius 2 is 1.78 bits per heavy atom. The van der Waals surface area contributed by atoms with Crippen LogP contribution in [0.3, 0.4) is 0 Å². The average Bonchev–Trinajstić information content (AvgIpc) is 3.22. The van der Waals surface area contributed by atoms with Crippen LogP contribution < -0.4 is 10.6 Å². The van der Waals surface area contributed by atoms with E-state index in [1.54, 1.807) is 30.3 Å². The third kappa shape index (κ3) is 4.83. The number of amides is 2. The molecule has 5 heteroatoms. The van der Waals surface area contributed by atoms with Gasteiger partial charge in [-0.2, -0.15) is 0 Å². The fourth-order valence-electron chi connectivity index (χ4n) is 2.80. The molecule has 0 saturated carbocycles. The number of thiophene rings is 1. The van der Waals surface area contributed by atoms with E-state index in [0.717, 1.165) is 12.0 Å². The Balaban J connectivity index is 1.70. The summed E-state index contributed by atoms with van der Waals surface area (Å²) in [5, 5.41) is 7.77. The van der Waals surface area contributed by atoms with Crippen LogP contribution in [-0.2, 0) is 0 Å². The van der Waals surface area contributed by atoms with Crippen molar-refractivity contribution in [3.05, 3.63) is 87.6 Å². The summed E-state index contributed by atoms with van der Waals surface area (Å²) in [7, 11) is 0. The Labute approximate surface area is 163 Å². The molecule has 0 bridgehead atoms. The number of carbonyl (C=O) groups is 2. The first-order valence-corrected chi connectivity index (χ1v) is 9.77. The van der Waals surface area contributed by atoms with Crippen LogP contribution in [0.2, 0.25) is 0 Å². The molecule has 0 saturated heterocycles. The summed E-state index contributed by atoms with van der Waals surface area (Å²) >= 11 is 1.38. The molecule has 0 unspecified atom stereocenters. The molecule has 1 heterocycles. The average molecular weight is 378 g/mol. The van der Waals surface area contributed by atoms with Gasteiger partial charge in [-0.25, -0.2) is 0 Å². The predicted octanol–water partition coefficient (Wildman–Crippen LogP) is 5.19. The van der Waals surface area contributed by atoms with Crippen LogP contribution in [0.4, 0.5) is 5.69 Å². The molecule has 0 fully saturated rings. The van der Waals surface area contributed by atoms with Gasteiger partial charge < -0.3 is 10.6 Å². The van der Waals surface area contributed by atoms with Gasteiger partial charge in [-0.05, 0) is 48.6 Å². The van der Waals surface area contributed by atoms with E-state index < -0.39 is 0 Å². The third-order valence-electron chi connectivity index (χ3n) is 4.32. The summed E-state index contributed by atoms with van der Waals surface area (Å²) in [6.07, 6.45) is 0.795. The minimum atomic E-state index is -0.173. The lowest BCUT2D eigenvalue weighted by Gasteiger charge is -2.18. The van der Waals surface area contributed by atoms with Crippen LogP contribution in [0.1, 0.15) is 50.5 Å². The first-order valence-electron chi connectivity index (χ1n) is 8.89. The van der Waals surface area contributed by atoms with Crippen molar-refractivity contribution in [1.82, 2.24) is 5.32 Å². The van der Waals surface area contributed by atoms with Crippen molar-refractivity contribution in [1.29, 1.82) is 0 Å². The second-order valence-corrected chi connectivity index (χ2v) is 7.30. The second-order valence-electron chi connectivity index (χ2n) is 6.36. The highest BCUT2D eigenvalue weighted by molar-refractivity contribution is 7.12. The van der Waals surface area contributed by atoms with Crippen molar-refractivity contribution in [2.75, 3.05) is 5.32 Å². The highest BCUT2D eigenvalue weighted by Crippen LogP contribution is 2.19. The van der Waals surface area contributed by atoms with Crippen molar-refractivity contribution in [2.45, 2.75) is 26.3 Å². The van der Waals surface area contributed by atoms with E-state index in [1.807, 2.05) is 49.6 Å². The summed E-state index contributed by atoms with van der Waals surface area (Å²) in [4.78, 5) is 25.5. The van der Waals surface area contributed by atoms with E-state index in [0.29, 0.717) is 16.1 Å². The number of carbonyl (C=O) groups excluding carboxylic acids is 2. The molecule has 0 spiro atoms. The van der Waals surface area contributed by atoms with Gasteiger partial charge in [-0.1, -0.05) is 48.9 Å². The Morgan fingerprint density at radius 3 is 2.44 bits per heavy atom. The van der Waals surface area contributed by atoms with E-state index in [2.05, 4.69) is 10.6 Å². The SMILES string of the molecule is CC[C@@H](NC(=O)c1cccc(NC(=O)c2cccs2)c1)c1ccc(C)cc1. The van der Waals surface area contributed by atoms with Crippen molar-refractivity contribution >= 4 is 28.8 Å². The van der Waals surface area contributed by atoms with Gasteiger partial charge in [-0.3, -0.25) is 9.59 Å². The number of benzene rings is 2. The number of hydrogen-bond donors (Lipinski definition) is 2. The molecule has 1 aromatic heterocycles. The maximum absolute atomic E-state index is 12.7. The summed E-state index contributed by atoms with van der Waals surface area (Å²) in [6.45, 7) is 4.09. The quantitative estimate of drug-likeness (QED) is 0.620. The number of anilines is 1. The number of nitrogens with one attached hydrogen (secondary N) is 2. The normalized spacial score (nSPS) is 11.6. The molecule has 0 radical (unpaired) electrons. The Kier molecular flexibility index (Phi) is 6.04. The zero-order chi connectivity index (χ0) is 19.2. The lowest BCUT2D eigenvalue weighted by atomic mass is 10.0. The number of hydrogen-bond acceptors (Lipinski definition) is 3. The zero-order valence-corrected chi connectivity index (χ0v) is 16.2. The zero-order valence-electron chi connectivity index (χ0n) is 15.4. The van der Waals surface area contributed by atoms with Crippen molar-refractivity contribution in [2.24, 2.45) is 0 Å². The molecule has 138 valence electrons. The molecular formula is C22H22N2O2S. The monoisotopic (exact) mass is 378 g/mol. The smallest absolute Gasteiger partial charge is 0.265 e. The van der Waals surface area contributed by atoms with Gasteiger partial charge >= 0.3 is 0 Å². The summed E-state index contributed by atoms with van der Waals surface area (Å²) in [5.74, 6) is -0.330. The molecule has 3 rings (SSSR count). The van der Waals surface area contributed by atoms with E-state index in [-0.39, 0.29) is 17.9 Å². The maximum atomic E-state index is 12.7. The summed E-state index contributed by atoms with van der Waals surface area (Å²) in [6, 6.07) is 18.7. The van der Waals surface area contributed by atoms with Gasteiger partial charge in [0.25, 0.3) is 11.8 Å².